The van der Waals surface area contributed by atoms with E-state index in [0.29, 0.717) is 11.7 Å². The number of fused-ring (bicyclic) bond motifs is 1. The van der Waals surface area contributed by atoms with Crippen molar-refractivity contribution in [1.82, 2.24) is 9.88 Å². The number of aryl methyl sites for hydroxylation is 1. The molecule has 0 radical (unpaired) electrons. The van der Waals surface area contributed by atoms with Gasteiger partial charge in [-0.1, -0.05) is 26.0 Å². The van der Waals surface area contributed by atoms with Crippen molar-refractivity contribution in [2.24, 2.45) is 5.41 Å². The number of benzene rings is 2. The first kappa shape index (κ1) is 22.9. The summed E-state index contributed by atoms with van der Waals surface area (Å²) in [6.45, 7) is 8.29. The summed E-state index contributed by atoms with van der Waals surface area (Å²) in [5, 5.41) is 10.5. The number of methoxy groups -OCH3 is 1. The van der Waals surface area contributed by atoms with E-state index in [2.05, 4.69) is 42.8 Å². The summed E-state index contributed by atoms with van der Waals surface area (Å²) >= 11 is 0. The fourth-order valence-electron chi connectivity index (χ4n) is 5.36. The number of likely N-dealkylation sites (tertiary alicyclic amines) is 1. The van der Waals surface area contributed by atoms with Crippen molar-refractivity contribution in [2.75, 3.05) is 13.7 Å². The summed E-state index contributed by atoms with van der Waals surface area (Å²) in [6.07, 6.45) is 5.54. The van der Waals surface area contributed by atoms with Gasteiger partial charge in [-0.05, 0) is 67.0 Å². The third-order valence-electron chi connectivity index (χ3n) is 7.68. The number of piperidine rings is 1. The molecule has 6 nitrogen and oxygen atoms in total. The third kappa shape index (κ3) is 4.32. The minimum atomic E-state index is -0.900. The molecule has 2 aliphatic rings. The third-order valence-corrected chi connectivity index (χ3v) is 7.68. The molecular formula is C28H34N2O4. The summed E-state index contributed by atoms with van der Waals surface area (Å²) in [6, 6.07) is 11.7. The topological polar surface area (TPSA) is 74.8 Å². The van der Waals surface area contributed by atoms with Crippen molar-refractivity contribution in [2.45, 2.75) is 64.8 Å². The second-order valence-corrected chi connectivity index (χ2v) is 10.5. The van der Waals surface area contributed by atoms with E-state index in [1.807, 2.05) is 18.3 Å². The van der Waals surface area contributed by atoms with E-state index < -0.39 is 5.97 Å². The fourth-order valence-corrected chi connectivity index (χ4v) is 5.36. The molecule has 2 aromatic carbocycles. The molecule has 6 heteroatoms. The van der Waals surface area contributed by atoms with Crippen LogP contribution in [0, 0.1) is 12.3 Å². The standard InChI is InChI=1S/C28H34N2O4/c1-17-13-24(33-4)22(21-9-11-29-26(17)21)16-30-12-10-20(34-25-15-28(25,2)3)14-23(30)18-5-7-19(8-6-18)27(31)32/h5-9,11,13,20,23,25,29H,10,12,14-16H2,1-4H3,(H,31,32)/t20-,23-,25?/m1/s1. The number of hydrogen-bond donors (Lipinski definition) is 2. The SMILES string of the molecule is COc1cc(C)c2[nH]ccc2c1CN1CC[C@@H](OC2CC2(C)C)C[C@@H]1c1ccc(C(=O)O)cc1. The largest absolute Gasteiger partial charge is 0.496 e. The molecule has 0 amide bonds. The lowest BCUT2D eigenvalue weighted by molar-refractivity contribution is -0.0369. The average Bonchev–Trinajstić information content (AvgIpc) is 3.19. The van der Waals surface area contributed by atoms with Crippen molar-refractivity contribution in [3.63, 3.8) is 0 Å². The summed E-state index contributed by atoms with van der Waals surface area (Å²) in [4.78, 5) is 17.2. The Morgan fingerprint density at radius 3 is 2.62 bits per heavy atom. The molecule has 0 spiro atoms. The zero-order chi connectivity index (χ0) is 24.0. The maximum atomic E-state index is 11.4. The molecule has 0 bridgehead atoms. The van der Waals surface area contributed by atoms with Crippen LogP contribution in [0.5, 0.6) is 5.75 Å². The lowest BCUT2D eigenvalue weighted by atomic mass is 9.91. The van der Waals surface area contributed by atoms with Gasteiger partial charge in [0.15, 0.2) is 0 Å². The monoisotopic (exact) mass is 462 g/mol. The molecule has 1 aliphatic heterocycles. The zero-order valence-electron chi connectivity index (χ0n) is 20.4. The normalized spacial score (nSPS) is 24.3. The van der Waals surface area contributed by atoms with Crippen molar-refractivity contribution in [1.29, 1.82) is 0 Å². The summed E-state index contributed by atoms with van der Waals surface area (Å²) < 4.78 is 12.3. The molecule has 1 aromatic heterocycles. The van der Waals surface area contributed by atoms with Crippen LogP contribution < -0.4 is 4.74 Å². The van der Waals surface area contributed by atoms with Crippen LogP contribution in [0.3, 0.4) is 0 Å². The molecule has 2 heterocycles. The Hall–Kier alpha value is -2.83. The molecule has 3 atom stereocenters. The number of carboxylic acid groups (broad SMARTS) is 1. The number of aromatic nitrogens is 1. The number of carbonyl (C=O) groups is 1. The van der Waals surface area contributed by atoms with Crippen molar-refractivity contribution >= 4 is 16.9 Å². The zero-order valence-corrected chi connectivity index (χ0v) is 20.4. The maximum absolute atomic E-state index is 11.4. The minimum Gasteiger partial charge on any atom is -0.496 e. The first-order chi connectivity index (χ1) is 16.3. The molecular weight excluding hydrogens is 428 g/mol. The first-order valence-electron chi connectivity index (χ1n) is 12.1. The molecule has 1 aliphatic carbocycles. The van der Waals surface area contributed by atoms with Crippen LogP contribution in [-0.2, 0) is 11.3 Å². The molecule has 34 heavy (non-hydrogen) atoms. The highest BCUT2D eigenvalue weighted by atomic mass is 16.5. The molecule has 1 saturated carbocycles. The Morgan fingerprint density at radius 2 is 1.97 bits per heavy atom. The molecule has 1 unspecified atom stereocenters. The van der Waals surface area contributed by atoms with Gasteiger partial charge in [0, 0.05) is 41.8 Å². The highest BCUT2D eigenvalue weighted by molar-refractivity contribution is 5.88. The summed E-state index contributed by atoms with van der Waals surface area (Å²) in [5.41, 5.74) is 5.22. The van der Waals surface area contributed by atoms with E-state index in [9.17, 15) is 9.90 Å². The van der Waals surface area contributed by atoms with Gasteiger partial charge in [0.1, 0.15) is 5.75 Å². The Labute approximate surface area is 200 Å². The lowest BCUT2D eigenvalue weighted by Gasteiger charge is -2.40. The van der Waals surface area contributed by atoms with Gasteiger partial charge in [-0.15, -0.1) is 0 Å². The smallest absolute Gasteiger partial charge is 0.335 e. The van der Waals surface area contributed by atoms with Crippen molar-refractivity contribution in [3.05, 3.63) is 64.8 Å². The number of ether oxygens (including phenoxy) is 2. The maximum Gasteiger partial charge on any atom is 0.335 e. The van der Waals surface area contributed by atoms with Crippen LogP contribution in [0.4, 0.5) is 0 Å². The van der Waals surface area contributed by atoms with Crippen LogP contribution in [0.25, 0.3) is 10.9 Å². The van der Waals surface area contributed by atoms with E-state index >= 15 is 0 Å². The van der Waals surface area contributed by atoms with Gasteiger partial charge < -0.3 is 19.6 Å². The fraction of sp³-hybridized carbons (Fsp3) is 0.464. The second kappa shape index (κ2) is 8.75. The minimum absolute atomic E-state index is 0.142. The predicted octanol–water partition coefficient (Wildman–Crippen LogP) is 5.70. The molecule has 2 fully saturated rings. The summed E-state index contributed by atoms with van der Waals surface area (Å²) in [5.74, 6) is 0.00569. The number of H-pyrrole nitrogens is 1. The van der Waals surface area contributed by atoms with Crippen LogP contribution in [0.15, 0.2) is 42.6 Å². The highest BCUT2D eigenvalue weighted by Gasteiger charge is 2.48. The number of aromatic amines is 1. The van der Waals surface area contributed by atoms with Crippen LogP contribution in [0.1, 0.15) is 66.2 Å². The quantitative estimate of drug-likeness (QED) is 0.471. The van der Waals surface area contributed by atoms with Gasteiger partial charge in [0.2, 0.25) is 0 Å². The van der Waals surface area contributed by atoms with Crippen molar-refractivity contribution < 1.29 is 19.4 Å². The molecule has 2 N–H and O–H groups in total. The first-order valence-corrected chi connectivity index (χ1v) is 12.1. The average molecular weight is 463 g/mol. The number of nitrogens with one attached hydrogen (secondary N) is 1. The molecule has 3 aromatic rings. The summed E-state index contributed by atoms with van der Waals surface area (Å²) in [7, 11) is 1.73. The molecule has 1 saturated heterocycles. The number of carboxylic acids is 1. The number of aromatic carboxylic acids is 1. The predicted molar refractivity (Wildman–Crippen MR) is 132 cm³/mol. The van der Waals surface area contributed by atoms with Crippen LogP contribution in [0.2, 0.25) is 0 Å². The number of hydrogen-bond acceptors (Lipinski definition) is 4. The number of rotatable bonds is 7. The highest BCUT2D eigenvalue weighted by Crippen LogP contribution is 2.49. The lowest BCUT2D eigenvalue weighted by Crippen LogP contribution is -2.40. The van der Waals surface area contributed by atoms with E-state index in [1.54, 1.807) is 19.2 Å². The van der Waals surface area contributed by atoms with Crippen LogP contribution in [-0.4, -0.2) is 46.8 Å². The van der Waals surface area contributed by atoms with Crippen LogP contribution >= 0.6 is 0 Å². The van der Waals surface area contributed by atoms with Gasteiger partial charge in [0.25, 0.3) is 0 Å². The molecule has 5 rings (SSSR count). The van der Waals surface area contributed by atoms with E-state index in [4.69, 9.17) is 9.47 Å². The van der Waals surface area contributed by atoms with Gasteiger partial charge in [-0.25, -0.2) is 4.79 Å². The van der Waals surface area contributed by atoms with Gasteiger partial charge in [-0.3, -0.25) is 4.90 Å². The van der Waals surface area contributed by atoms with Crippen molar-refractivity contribution in [3.8, 4) is 5.75 Å². The van der Waals surface area contributed by atoms with Gasteiger partial charge in [-0.2, -0.15) is 0 Å². The van der Waals surface area contributed by atoms with Gasteiger partial charge in [0.05, 0.1) is 24.9 Å². The Kier molecular flexibility index (Phi) is 5.90. The Morgan fingerprint density at radius 1 is 1.24 bits per heavy atom. The van der Waals surface area contributed by atoms with E-state index in [1.165, 1.54) is 16.5 Å². The molecule has 180 valence electrons. The Bertz CT molecular complexity index is 1200. The van der Waals surface area contributed by atoms with Gasteiger partial charge >= 0.3 is 5.97 Å². The Balaban J connectivity index is 1.45. The number of nitrogens with zero attached hydrogens (tertiary/aromatic N) is 1. The van der Waals surface area contributed by atoms with E-state index in [-0.39, 0.29) is 17.6 Å². The van der Waals surface area contributed by atoms with E-state index in [0.717, 1.165) is 49.2 Å². The second-order valence-electron chi connectivity index (χ2n) is 10.5.